The molecule has 1 aromatic heterocycles. The second-order valence-electron chi connectivity index (χ2n) is 2.39. The number of pyridine rings is 1. The lowest BCUT2D eigenvalue weighted by Gasteiger charge is -2.05. The molecule has 0 N–H and O–H groups in total. The van der Waals surface area contributed by atoms with E-state index < -0.39 is 36.2 Å². The highest BCUT2D eigenvalue weighted by atomic mass is 35.7. The van der Waals surface area contributed by atoms with E-state index in [-0.39, 0.29) is 0 Å². The normalized spacial score (nSPS) is 12.1. The minimum absolute atomic E-state index is 0.486. The van der Waals surface area contributed by atoms with E-state index >= 15 is 0 Å². The molecular formula is C6H2Cl3F2NO2S. The van der Waals surface area contributed by atoms with Gasteiger partial charge < -0.3 is 0 Å². The standard InChI is InChI=1S/C6H2Cl3F2NO2S/c7-2-1-3(6(10)11)12-5(8)4(2)15(9,13)14/h1,6H. The van der Waals surface area contributed by atoms with E-state index in [1.54, 1.807) is 0 Å². The first-order valence-electron chi connectivity index (χ1n) is 3.32. The highest BCUT2D eigenvalue weighted by Crippen LogP contribution is 2.33. The van der Waals surface area contributed by atoms with Crippen molar-refractivity contribution in [3.63, 3.8) is 0 Å². The lowest BCUT2D eigenvalue weighted by atomic mass is 10.3. The van der Waals surface area contributed by atoms with Crippen molar-refractivity contribution in [2.24, 2.45) is 0 Å². The number of halogens is 5. The van der Waals surface area contributed by atoms with Crippen molar-refractivity contribution in [3.8, 4) is 0 Å². The second kappa shape index (κ2) is 4.37. The van der Waals surface area contributed by atoms with Crippen LogP contribution in [0.15, 0.2) is 11.0 Å². The van der Waals surface area contributed by atoms with E-state index in [9.17, 15) is 17.2 Å². The van der Waals surface area contributed by atoms with Gasteiger partial charge in [-0.25, -0.2) is 22.2 Å². The first kappa shape index (κ1) is 12.9. The molecule has 0 aromatic carbocycles. The molecule has 0 spiro atoms. The Hall–Kier alpha value is -0.170. The molecule has 0 saturated heterocycles. The van der Waals surface area contributed by atoms with Crippen LogP contribution in [0.4, 0.5) is 8.78 Å². The molecule has 1 heterocycles. The third-order valence-electron chi connectivity index (χ3n) is 1.37. The van der Waals surface area contributed by atoms with Crippen molar-refractivity contribution in [1.29, 1.82) is 0 Å². The van der Waals surface area contributed by atoms with E-state index in [0.717, 1.165) is 0 Å². The van der Waals surface area contributed by atoms with Crippen LogP contribution in [0.3, 0.4) is 0 Å². The van der Waals surface area contributed by atoms with Gasteiger partial charge in [0.15, 0.2) is 5.15 Å². The molecule has 9 heteroatoms. The fourth-order valence-electron chi connectivity index (χ4n) is 0.819. The Balaban J connectivity index is 3.48. The number of alkyl halides is 2. The van der Waals surface area contributed by atoms with Gasteiger partial charge in [0.05, 0.1) is 5.02 Å². The zero-order valence-electron chi connectivity index (χ0n) is 6.72. The van der Waals surface area contributed by atoms with Crippen molar-refractivity contribution in [2.45, 2.75) is 11.3 Å². The van der Waals surface area contributed by atoms with Gasteiger partial charge in [0, 0.05) is 10.7 Å². The van der Waals surface area contributed by atoms with E-state index in [1.165, 1.54) is 0 Å². The molecule has 0 saturated carbocycles. The molecule has 0 aliphatic heterocycles. The number of hydrogen-bond acceptors (Lipinski definition) is 3. The van der Waals surface area contributed by atoms with Crippen molar-refractivity contribution >= 4 is 42.9 Å². The summed E-state index contributed by atoms with van der Waals surface area (Å²) in [7, 11) is 0.771. The zero-order valence-corrected chi connectivity index (χ0v) is 9.80. The molecule has 0 bridgehead atoms. The molecule has 0 fully saturated rings. The minimum Gasteiger partial charge on any atom is -0.234 e. The van der Waals surface area contributed by atoms with Gasteiger partial charge in [0.1, 0.15) is 10.6 Å². The summed E-state index contributed by atoms with van der Waals surface area (Å²) in [6.45, 7) is 0. The zero-order chi connectivity index (χ0) is 11.8. The van der Waals surface area contributed by atoms with Crippen molar-refractivity contribution in [3.05, 3.63) is 21.9 Å². The molecule has 0 unspecified atom stereocenters. The van der Waals surface area contributed by atoms with Crippen LogP contribution in [0.5, 0.6) is 0 Å². The Kier molecular flexibility index (Phi) is 3.76. The lowest BCUT2D eigenvalue weighted by molar-refractivity contribution is 0.146. The van der Waals surface area contributed by atoms with Gasteiger partial charge in [-0.15, -0.1) is 0 Å². The van der Waals surface area contributed by atoms with Gasteiger partial charge in [-0.1, -0.05) is 23.2 Å². The Labute approximate surface area is 98.4 Å². The van der Waals surface area contributed by atoms with Crippen LogP contribution in [0.2, 0.25) is 10.2 Å². The summed E-state index contributed by atoms with van der Waals surface area (Å²) in [5, 5.41) is -1.16. The van der Waals surface area contributed by atoms with Crippen molar-refractivity contribution in [2.75, 3.05) is 0 Å². The van der Waals surface area contributed by atoms with E-state index in [1.807, 2.05) is 0 Å². The smallest absolute Gasteiger partial charge is 0.234 e. The second-order valence-corrected chi connectivity index (χ2v) is 5.66. The van der Waals surface area contributed by atoms with Gasteiger partial charge in [0.25, 0.3) is 15.5 Å². The SMILES string of the molecule is O=S(=O)(Cl)c1c(Cl)cc(C(F)F)nc1Cl. The maximum Gasteiger partial charge on any atom is 0.280 e. The lowest BCUT2D eigenvalue weighted by Crippen LogP contribution is -1.99. The van der Waals surface area contributed by atoms with Gasteiger partial charge in [-0.05, 0) is 6.07 Å². The van der Waals surface area contributed by atoms with Gasteiger partial charge in [-0.3, -0.25) is 0 Å². The molecule has 1 aromatic rings. The largest absolute Gasteiger partial charge is 0.280 e. The Morgan fingerprint density at radius 2 is 1.87 bits per heavy atom. The Morgan fingerprint density at radius 1 is 1.33 bits per heavy atom. The molecule has 1 rings (SSSR count). The predicted molar refractivity (Wildman–Crippen MR) is 52.3 cm³/mol. The van der Waals surface area contributed by atoms with Crippen LogP contribution in [0.25, 0.3) is 0 Å². The summed E-state index contributed by atoms with van der Waals surface area (Å²) in [5.41, 5.74) is -0.714. The topological polar surface area (TPSA) is 47.0 Å². The molecule has 0 amide bonds. The molecule has 15 heavy (non-hydrogen) atoms. The van der Waals surface area contributed by atoms with E-state index in [0.29, 0.717) is 6.07 Å². The summed E-state index contributed by atoms with van der Waals surface area (Å²) in [6.07, 6.45) is -2.90. The quantitative estimate of drug-likeness (QED) is 0.621. The molecule has 3 nitrogen and oxygen atoms in total. The van der Waals surface area contributed by atoms with Gasteiger partial charge >= 0.3 is 0 Å². The summed E-state index contributed by atoms with van der Waals surface area (Å²) >= 11 is 10.8. The summed E-state index contributed by atoms with van der Waals surface area (Å²) in [5.74, 6) is 0. The fourth-order valence-corrected chi connectivity index (χ4v) is 3.12. The summed E-state index contributed by atoms with van der Waals surface area (Å²) in [6, 6.07) is 0.702. The minimum atomic E-state index is -4.21. The average Bonchev–Trinajstić information content (AvgIpc) is 1.99. The van der Waals surface area contributed by atoms with Crippen LogP contribution < -0.4 is 0 Å². The van der Waals surface area contributed by atoms with Crippen LogP contribution in [0, 0.1) is 0 Å². The molecule has 0 aliphatic rings. The third-order valence-corrected chi connectivity index (χ3v) is 3.53. The van der Waals surface area contributed by atoms with Crippen LogP contribution in [-0.2, 0) is 9.05 Å². The van der Waals surface area contributed by atoms with Crippen LogP contribution in [0.1, 0.15) is 12.1 Å². The number of aromatic nitrogens is 1. The summed E-state index contributed by atoms with van der Waals surface area (Å²) < 4.78 is 46.2. The maximum atomic E-state index is 12.2. The highest BCUT2D eigenvalue weighted by Gasteiger charge is 2.23. The Bertz CT molecular complexity index is 468. The van der Waals surface area contributed by atoms with E-state index in [4.69, 9.17) is 33.9 Å². The number of hydrogen-bond donors (Lipinski definition) is 0. The first-order chi connectivity index (χ1) is 6.73. The third kappa shape index (κ3) is 2.90. The van der Waals surface area contributed by atoms with Gasteiger partial charge in [0.2, 0.25) is 0 Å². The first-order valence-corrected chi connectivity index (χ1v) is 6.38. The van der Waals surface area contributed by atoms with Gasteiger partial charge in [-0.2, -0.15) is 0 Å². The van der Waals surface area contributed by atoms with E-state index in [2.05, 4.69) is 4.98 Å². The molecule has 0 aliphatic carbocycles. The molecule has 84 valence electrons. The predicted octanol–water partition coefficient (Wildman–Crippen LogP) is 3.25. The van der Waals surface area contributed by atoms with Crippen molar-refractivity contribution in [1.82, 2.24) is 4.98 Å². The molecule has 0 radical (unpaired) electrons. The molecular weight excluding hydrogens is 294 g/mol. The average molecular weight is 297 g/mol. The Morgan fingerprint density at radius 3 is 2.20 bits per heavy atom. The fraction of sp³-hybridized carbons (Fsp3) is 0.167. The highest BCUT2D eigenvalue weighted by molar-refractivity contribution is 8.14. The van der Waals surface area contributed by atoms with Crippen molar-refractivity contribution < 1.29 is 17.2 Å². The maximum absolute atomic E-state index is 12.2. The monoisotopic (exact) mass is 295 g/mol. The summed E-state index contributed by atoms with van der Waals surface area (Å²) in [4.78, 5) is 2.50. The van der Waals surface area contributed by atoms with Crippen LogP contribution in [-0.4, -0.2) is 13.4 Å². The number of nitrogens with zero attached hydrogens (tertiary/aromatic N) is 1. The van der Waals surface area contributed by atoms with Crippen LogP contribution >= 0.6 is 33.9 Å². The number of rotatable bonds is 2. The molecule has 0 atom stereocenters.